The zero-order valence-corrected chi connectivity index (χ0v) is 9.48. The number of carbonyl (C=O) groups excluding carboxylic acids is 1. The predicted molar refractivity (Wildman–Crippen MR) is 64.4 cm³/mol. The number of rotatable bonds is 6. The topological polar surface area (TPSA) is 38.3 Å². The first-order valence-corrected chi connectivity index (χ1v) is 5.38. The molecule has 1 unspecified atom stereocenters. The Morgan fingerprint density at radius 3 is 2.75 bits per heavy atom. The van der Waals surface area contributed by atoms with Crippen molar-refractivity contribution in [1.82, 2.24) is 5.32 Å². The van der Waals surface area contributed by atoms with E-state index >= 15 is 0 Å². The Morgan fingerprint density at radius 2 is 2.19 bits per heavy atom. The summed E-state index contributed by atoms with van der Waals surface area (Å²) in [6, 6.07) is 9.34. The third-order valence-electron chi connectivity index (χ3n) is 2.11. The van der Waals surface area contributed by atoms with Gasteiger partial charge in [-0.1, -0.05) is 31.2 Å². The van der Waals surface area contributed by atoms with Crippen LogP contribution in [-0.2, 0) is 4.79 Å². The van der Waals surface area contributed by atoms with Crippen LogP contribution in [0.5, 0.6) is 5.75 Å². The Labute approximate surface area is 96.1 Å². The van der Waals surface area contributed by atoms with Crippen LogP contribution in [0.2, 0.25) is 0 Å². The molecule has 0 bridgehead atoms. The molecule has 1 amide bonds. The molecule has 0 aromatic heterocycles. The van der Waals surface area contributed by atoms with Crippen LogP contribution in [0.15, 0.2) is 43.0 Å². The van der Waals surface area contributed by atoms with Crippen molar-refractivity contribution in [3.8, 4) is 5.75 Å². The Hall–Kier alpha value is -1.77. The molecule has 0 saturated heterocycles. The Morgan fingerprint density at radius 1 is 1.50 bits per heavy atom. The van der Waals surface area contributed by atoms with Crippen molar-refractivity contribution in [3.05, 3.63) is 43.0 Å². The fourth-order valence-electron chi connectivity index (χ4n) is 1.27. The minimum absolute atomic E-state index is 0.105. The molecule has 1 aromatic rings. The lowest BCUT2D eigenvalue weighted by Crippen LogP contribution is -2.37. The molecule has 1 aromatic carbocycles. The molecule has 1 atom stereocenters. The third-order valence-corrected chi connectivity index (χ3v) is 2.11. The highest BCUT2D eigenvalue weighted by atomic mass is 16.5. The maximum Gasteiger partial charge on any atom is 0.261 e. The second-order valence-corrected chi connectivity index (χ2v) is 3.36. The maximum atomic E-state index is 11.7. The zero-order chi connectivity index (χ0) is 11.8. The highest BCUT2D eigenvalue weighted by molar-refractivity contribution is 5.81. The van der Waals surface area contributed by atoms with Crippen LogP contribution in [0.1, 0.15) is 13.3 Å². The van der Waals surface area contributed by atoms with E-state index in [-0.39, 0.29) is 5.91 Å². The van der Waals surface area contributed by atoms with Gasteiger partial charge in [0.25, 0.3) is 5.91 Å². The van der Waals surface area contributed by atoms with Gasteiger partial charge in [0.05, 0.1) is 0 Å². The largest absolute Gasteiger partial charge is 0.481 e. The van der Waals surface area contributed by atoms with Gasteiger partial charge in [0.1, 0.15) is 5.75 Å². The lowest BCUT2D eigenvalue weighted by atomic mass is 10.2. The Kier molecular flexibility index (Phi) is 5.12. The summed E-state index contributed by atoms with van der Waals surface area (Å²) in [6.07, 6.45) is 1.84. The van der Waals surface area contributed by atoms with Crippen LogP contribution in [0.3, 0.4) is 0 Å². The van der Waals surface area contributed by atoms with Gasteiger partial charge < -0.3 is 10.1 Å². The SMILES string of the molecule is C=CCNC(=O)C(CC)Oc1ccccc1. The van der Waals surface area contributed by atoms with Gasteiger partial charge in [0.2, 0.25) is 0 Å². The fourth-order valence-corrected chi connectivity index (χ4v) is 1.27. The summed E-state index contributed by atoms with van der Waals surface area (Å²) in [7, 11) is 0. The van der Waals surface area contributed by atoms with Crippen molar-refractivity contribution in [2.45, 2.75) is 19.4 Å². The number of para-hydroxylation sites is 1. The monoisotopic (exact) mass is 219 g/mol. The molecule has 3 heteroatoms. The second-order valence-electron chi connectivity index (χ2n) is 3.36. The van der Waals surface area contributed by atoms with Crippen molar-refractivity contribution >= 4 is 5.91 Å². The minimum atomic E-state index is -0.442. The highest BCUT2D eigenvalue weighted by Crippen LogP contribution is 2.12. The molecule has 16 heavy (non-hydrogen) atoms. The normalized spacial score (nSPS) is 11.6. The van der Waals surface area contributed by atoms with E-state index in [4.69, 9.17) is 4.74 Å². The summed E-state index contributed by atoms with van der Waals surface area (Å²) in [5, 5.41) is 2.72. The van der Waals surface area contributed by atoms with Crippen LogP contribution in [0.25, 0.3) is 0 Å². The van der Waals surface area contributed by atoms with Gasteiger partial charge in [0.15, 0.2) is 6.10 Å². The quantitative estimate of drug-likeness (QED) is 0.744. The van der Waals surface area contributed by atoms with Crippen molar-refractivity contribution < 1.29 is 9.53 Å². The van der Waals surface area contributed by atoms with Gasteiger partial charge in [-0.3, -0.25) is 4.79 Å². The first kappa shape index (κ1) is 12.3. The first-order chi connectivity index (χ1) is 7.77. The van der Waals surface area contributed by atoms with Crippen LogP contribution in [-0.4, -0.2) is 18.6 Å². The lowest BCUT2D eigenvalue weighted by molar-refractivity contribution is -0.127. The second kappa shape index (κ2) is 6.67. The van der Waals surface area contributed by atoms with E-state index in [1.54, 1.807) is 6.08 Å². The number of ether oxygens (including phenoxy) is 1. The molecule has 1 N–H and O–H groups in total. The molecule has 0 spiro atoms. The van der Waals surface area contributed by atoms with Crippen LogP contribution in [0, 0.1) is 0 Å². The van der Waals surface area contributed by atoms with Crippen LogP contribution < -0.4 is 10.1 Å². The molecule has 0 saturated carbocycles. The highest BCUT2D eigenvalue weighted by Gasteiger charge is 2.16. The molecule has 0 aliphatic rings. The van der Waals surface area contributed by atoms with Crippen molar-refractivity contribution in [2.24, 2.45) is 0 Å². The predicted octanol–water partition coefficient (Wildman–Crippen LogP) is 2.15. The molecule has 86 valence electrons. The van der Waals surface area contributed by atoms with E-state index in [9.17, 15) is 4.79 Å². The van der Waals surface area contributed by atoms with Crippen molar-refractivity contribution in [1.29, 1.82) is 0 Å². The number of nitrogens with one attached hydrogen (secondary N) is 1. The van der Waals surface area contributed by atoms with E-state index in [0.29, 0.717) is 18.7 Å². The average molecular weight is 219 g/mol. The van der Waals surface area contributed by atoms with E-state index in [1.807, 2.05) is 37.3 Å². The van der Waals surface area contributed by atoms with E-state index < -0.39 is 6.10 Å². The molecule has 0 radical (unpaired) electrons. The molecule has 0 aliphatic heterocycles. The molecular weight excluding hydrogens is 202 g/mol. The molecule has 0 fully saturated rings. The Bertz CT molecular complexity index is 335. The number of hydrogen-bond donors (Lipinski definition) is 1. The number of amides is 1. The molecule has 0 aliphatic carbocycles. The van der Waals surface area contributed by atoms with E-state index in [2.05, 4.69) is 11.9 Å². The maximum absolute atomic E-state index is 11.7. The number of carbonyl (C=O) groups is 1. The summed E-state index contributed by atoms with van der Waals surface area (Å²) >= 11 is 0. The van der Waals surface area contributed by atoms with Gasteiger partial charge in [-0.25, -0.2) is 0 Å². The summed E-state index contributed by atoms with van der Waals surface area (Å²) in [4.78, 5) is 11.7. The molecule has 0 heterocycles. The summed E-state index contributed by atoms with van der Waals surface area (Å²) in [5.74, 6) is 0.606. The fraction of sp³-hybridized carbons (Fsp3) is 0.308. The summed E-state index contributed by atoms with van der Waals surface area (Å²) in [6.45, 7) is 5.93. The van der Waals surface area contributed by atoms with Gasteiger partial charge in [0, 0.05) is 6.54 Å². The zero-order valence-electron chi connectivity index (χ0n) is 9.48. The molecular formula is C13H17NO2. The van der Waals surface area contributed by atoms with Gasteiger partial charge in [-0.05, 0) is 18.6 Å². The third kappa shape index (κ3) is 3.77. The first-order valence-electron chi connectivity index (χ1n) is 5.38. The molecule has 1 rings (SSSR count). The lowest BCUT2D eigenvalue weighted by Gasteiger charge is -2.16. The van der Waals surface area contributed by atoms with Crippen molar-refractivity contribution in [3.63, 3.8) is 0 Å². The molecule has 3 nitrogen and oxygen atoms in total. The van der Waals surface area contributed by atoms with Gasteiger partial charge >= 0.3 is 0 Å². The van der Waals surface area contributed by atoms with Gasteiger partial charge in [-0.15, -0.1) is 6.58 Å². The smallest absolute Gasteiger partial charge is 0.261 e. The van der Waals surface area contributed by atoms with Crippen LogP contribution >= 0.6 is 0 Å². The summed E-state index contributed by atoms with van der Waals surface area (Å²) in [5.41, 5.74) is 0. The number of benzene rings is 1. The standard InChI is InChI=1S/C13H17NO2/c1-3-10-14-13(15)12(4-2)16-11-8-6-5-7-9-11/h3,5-9,12H,1,4,10H2,2H3,(H,14,15). The van der Waals surface area contributed by atoms with E-state index in [0.717, 1.165) is 0 Å². The summed E-state index contributed by atoms with van der Waals surface area (Å²) < 4.78 is 5.58. The van der Waals surface area contributed by atoms with E-state index in [1.165, 1.54) is 0 Å². The Balaban J connectivity index is 2.55. The van der Waals surface area contributed by atoms with Crippen molar-refractivity contribution in [2.75, 3.05) is 6.54 Å². The minimum Gasteiger partial charge on any atom is -0.481 e. The van der Waals surface area contributed by atoms with Crippen LogP contribution in [0.4, 0.5) is 0 Å². The van der Waals surface area contributed by atoms with Gasteiger partial charge in [-0.2, -0.15) is 0 Å². The average Bonchev–Trinajstić information content (AvgIpc) is 2.34. The number of hydrogen-bond acceptors (Lipinski definition) is 2.